The van der Waals surface area contributed by atoms with Crippen LogP contribution in [-0.4, -0.2) is 12.3 Å². The van der Waals surface area contributed by atoms with E-state index in [1.807, 2.05) is 30.3 Å². The van der Waals surface area contributed by atoms with Crippen molar-refractivity contribution in [2.45, 2.75) is 19.8 Å². The minimum absolute atomic E-state index is 0.00426. The van der Waals surface area contributed by atoms with Gasteiger partial charge in [0.2, 0.25) is 5.78 Å². The highest BCUT2D eigenvalue weighted by molar-refractivity contribution is 9.12. The number of unbranched alkanes of at least 4 members (excludes halogenated alkanes) is 1. The van der Waals surface area contributed by atoms with Crippen molar-refractivity contribution in [2.75, 3.05) is 6.54 Å². The quantitative estimate of drug-likeness (QED) is 0.491. The Bertz CT molecular complexity index is 359. The molecule has 0 amide bonds. The standard InChI is InChI=1S/C13H16BrNO/c1-2-3-9-15-10-12(14)13(16)11-7-5-4-6-8-11/h4-8,10,15H,2-3,9H2,1H3/b12-10-. The Labute approximate surface area is 105 Å². The van der Waals surface area contributed by atoms with Crippen LogP contribution < -0.4 is 5.32 Å². The first-order valence-corrected chi connectivity index (χ1v) is 6.23. The number of nitrogens with one attached hydrogen (secondary N) is 1. The monoisotopic (exact) mass is 281 g/mol. The molecular weight excluding hydrogens is 266 g/mol. The van der Waals surface area contributed by atoms with Crippen molar-refractivity contribution in [3.63, 3.8) is 0 Å². The zero-order valence-corrected chi connectivity index (χ0v) is 11.0. The summed E-state index contributed by atoms with van der Waals surface area (Å²) < 4.78 is 0.565. The third kappa shape index (κ3) is 4.19. The molecule has 2 nitrogen and oxygen atoms in total. The zero-order valence-electron chi connectivity index (χ0n) is 9.37. The van der Waals surface area contributed by atoms with Crippen molar-refractivity contribution in [1.82, 2.24) is 5.32 Å². The van der Waals surface area contributed by atoms with Gasteiger partial charge in [0.25, 0.3) is 0 Å². The van der Waals surface area contributed by atoms with Gasteiger partial charge in [0.15, 0.2) is 0 Å². The molecule has 0 atom stereocenters. The summed E-state index contributed by atoms with van der Waals surface area (Å²) in [7, 11) is 0. The van der Waals surface area contributed by atoms with E-state index in [1.165, 1.54) is 0 Å². The minimum atomic E-state index is 0.00426. The molecule has 0 unspecified atom stereocenters. The Morgan fingerprint density at radius 3 is 2.69 bits per heavy atom. The molecular formula is C13H16BrNO. The third-order valence-electron chi connectivity index (χ3n) is 2.16. The van der Waals surface area contributed by atoms with Crippen molar-refractivity contribution in [3.8, 4) is 0 Å². The molecule has 0 aromatic heterocycles. The van der Waals surface area contributed by atoms with E-state index in [0.29, 0.717) is 10.0 Å². The molecule has 0 saturated heterocycles. The van der Waals surface area contributed by atoms with Gasteiger partial charge >= 0.3 is 0 Å². The van der Waals surface area contributed by atoms with Crippen molar-refractivity contribution >= 4 is 21.7 Å². The lowest BCUT2D eigenvalue weighted by Crippen LogP contribution is -2.09. The fraction of sp³-hybridized carbons (Fsp3) is 0.308. The maximum absolute atomic E-state index is 11.9. The first-order chi connectivity index (χ1) is 7.75. The molecule has 0 heterocycles. The summed E-state index contributed by atoms with van der Waals surface area (Å²) in [5, 5.41) is 3.11. The molecule has 86 valence electrons. The summed E-state index contributed by atoms with van der Waals surface area (Å²) in [5.74, 6) is 0.00426. The minimum Gasteiger partial charge on any atom is -0.390 e. The van der Waals surface area contributed by atoms with Crippen LogP contribution in [0.4, 0.5) is 0 Å². The topological polar surface area (TPSA) is 29.1 Å². The number of carbonyl (C=O) groups is 1. The molecule has 1 rings (SSSR count). The van der Waals surface area contributed by atoms with Crippen molar-refractivity contribution in [1.29, 1.82) is 0 Å². The maximum atomic E-state index is 11.9. The molecule has 0 spiro atoms. The highest BCUT2D eigenvalue weighted by Crippen LogP contribution is 2.12. The Balaban J connectivity index is 2.54. The number of benzene rings is 1. The number of carbonyl (C=O) groups excluding carboxylic acids is 1. The average molecular weight is 282 g/mol. The Hall–Kier alpha value is -1.09. The molecule has 16 heavy (non-hydrogen) atoms. The third-order valence-corrected chi connectivity index (χ3v) is 2.75. The number of hydrogen-bond acceptors (Lipinski definition) is 2. The Morgan fingerprint density at radius 1 is 1.38 bits per heavy atom. The SMILES string of the molecule is CCCCN/C=C(\Br)C(=O)c1ccccc1. The van der Waals surface area contributed by atoms with Crippen molar-refractivity contribution in [2.24, 2.45) is 0 Å². The summed E-state index contributed by atoms with van der Waals surface area (Å²) in [6, 6.07) is 9.23. The first-order valence-electron chi connectivity index (χ1n) is 5.44. The van der Waals surface area contributed by atoms with Gasteiger partial charge in [-0.3, -0.25) is 4.79 Å². The lowest BCUT2D eigenvalue weighted by molar-refractivity contribution is 0.104. The molecule has 1 N–H and O–H groups in total. The van der Waals surface area contributed by atoms with Crippen LogP contribution in [0.2, 0.25) is 0 Å². The van der Waals surface area contributed by atoms with E-state index in [2.05, 4.69) is 28.2 Å². The van der Waals surface area contributed by atoms with E-state index < -0.39 is 0 Å². The number of halogens is 1. The fourth-order valence-corrected chi connectivity index (χ4v) is 1.62. The first kappa shape index (κ1) is 13.0. The van der Waals surface area contributed by atoms with Gasteiger partial charge in [-0.15, -0.1) is 0 Å². The zero-order chi connectivity index (χ0) is 11.8. The average Bonchev–Trinajstić information content (AvgIpc) is 2.34. The largest absolute Gasteiger partial charge is 0.390 e. The lowest BCUT2D eigenvalue weighted by atomic mass is 10.1. The predicted octanol–water partition coefficient (Wildman–Crippen LogP) is 3.50. The van der Waals surface area contributed by atoms with Crippen molar-refractivity contribution < 1.29 is 4.79 Å². The molecule has 3 heteroatoms. The maximum Gasteiger partial charge on any atom is 0.201 e. The smallest absolute Gasteiger partial charge is 0.201 e. The number of hydrogen-bond donors (Lipinski definition) is 1. The summed E-state index contributed by atoms with van der Waals surface area (Å²) in [5.41, 5.74) is 0.697. The predicted molar refractivity (Wildman–Crippen MR) is 70.7 cm³/mol. The van der Waals surface area contributed by atoms with Crippen LogP contribution in [0.25, 0.3) is 0 Å². The number of Topliss-reactive ketones (excluding diaryl/α,β-unsaturated/α-hetero) is 1. The highest BCUT2D eigenvalue weighted by Gasteiger charge is 2.07. The van der Waals surface area contributed by atoms with Crippen LogP contribution in [0.1, 0.15) is 30.1 Å². The molecule has 0 fully saturated rings. The van der Waals surface area contributed by atoms with Crippen LogP contribution in [0.3, 0.4) is 0 Å². The molecule has 1 aromatic rings. The fourth-order valence-electron chi connectivity index (χ4n) is 1.23. The number of rotatable bonds is 6. The van der Waals surface area contributed by atoms with Crippen LogP contribution in [0.15, 0.2) is 41.0 Å². The van der Waals surface area contributed by atoms with E-state index >= 15 is 0 Å². The van der Waals surface area contributed by atoms with E-state index in [-0.39, 0.29) is 5.78 Å². The second-order valence-corrected chi connectivity index (χ2v) is 4.35. The van der Waals surface area contributed by atoms with Gasteiger partial charge in [-0.2, -0.15) is 0 Å². The van der Waals surface area contributed by atoms with E-state index in [4.69, 9.17) is 0 Å². The van der Waals surface area contributed by atoms with Gasteiger partial charge in [-0.05, 0) is 22.4 Å². The molecule has 0 aliphatic heterocycles. The number of allylic oxidation sites excluding steroid dienone is 1. The van der Waals surface area contributed by atoms with Crippen LogP contribution >= 0.6 is 15.9 Å². The van der Waals surface area contributed by atoms with E-state index in [1.54, 1.807) is 6.20 Å². The number of ketones is 1. The van der Waals surface area contributed by atoms with Gasteiger partial charge in [0, 0.05) is 18.3 Å². The Morgan fingerprint density at radius 2 is 2.06 bits per heavy atom. The van der Waals surface area contributed by atoms with Gasteiger partial charge in [0.1, 0.15) is 0 Å². The second-order valence-electron chi connectivity index (χ2n) is 3.50. The van der Waals surface area contributed by atoms with Crippen LogP contribution in [0, 0.1) is 0 Å². The summed E-state index contributed by atoms with van der Waals surface area (Å²) in [6.45, 7) is 3.03. The molecule has 0 aliphatic carbocycles. The Kier molecular flexibility index (Phi) is 5.86. The highest BCUT2D eigenvalue weighted by atomic mass is 79.9. The van der Waals surface area contributed by atoms with Crippen LogP contribution in [0.5, 0.6) is 0 Å². The molecule has 1 aromatic carbocycles. The normalized spacial score (nSPS) is 11.2. The summed E-state index contributed by atoms with van der Waals surface area (Å²) in [6.07, 6.45) is 3.98. The molecule has 0 bridgehead atoms. The second kappa shape index (κ2) is 7.23. The molecule has 0 radical (unpaired) electrons. The summed E-state index contributed by atoms with van der Waals surface area (Å²) in [4.78, 5) is 11.9. The van der Waals surface area contributed by atoms with E-state index in [0.717, 1.165) is 19.4 Å². The molecule has 0 aliphatic rings. The molecule has 0 saturated carbocycles. The van der Waals surface area contributed by atoms with Crippen LogP contribution in [-0.2, 0) is 0 Å². The van der Waals surface area contributed by atoms with Gasteiger partial charge in [-0.25, -0.2) is 0 Å². The summed E-state index contributed by atoms with van der Waals surface area (Å²) >= 11 is 3.28. The van der Waals surface area contributed by atoms with Gasteiger partial charge < -0.3 is 5.32 Å². The van der Waals surface area contributed by atoms with Gasteiger partial charge in [-0.1, -0.05) is 43.7 Å². The van der Waals surface area contributed by atoms with E-state index in [9.17, 15) is 4.79 Å². The van der Waals surface area contributed by atoms with Crippen molar-refractivity contribution in [3.05, 3.63) is 46.6 Å². The van der Waals surface area contributed by atoms with Gasteiger partial charge in [0.05, 0.1) is 4.48 Å². The lowest BCUT2D eigenvalue weighted by Gasteiger charge is -2.01.